The molecule has 0 bridgehead atoms. The summed E-state index contributed by atoms with van der Waals surface area (Å²) in [7, 11) is 0. The first-order valence-electron chi connectivity index (χ1n) is 8.71. The number of carboxylic acids is 1. The van der Waals surface area contributed by atoms with Crippen LogP contribution >= 0.6 is 0 Å². The molecule has 2 aliphatic rings. The van der Waals surface area contributed by atoms with E-state index in [-0.39, 0.29) is 12.0 Å². The van der Waals surface area contributed by atoms with Gasteiger partial charge in [-0.2, -0.15) is 0 Å². The fourth-order valence-corrected chi connectivity index (χ4v) is 3.35. The molecular formula is C17H29NO5. The number of carboxylic acid groups (broad SMARTS) is 1. The van der Waals surface area contributed by atoms with E-state index in [2.05, 4.69) is 13.8 Å². The van der Waals surface area contributed by atoms with E-state index < -0.39 is 12.1 Å². The predicted molar refractivity (Wildman–Crippen MR) is 85.1 cm³/mol. The van der Waals surface area contributed by atoms with Crippen LogP contribution in [0.5, 0.6) is 0 Å². The van der Waals surface area contributed by atoms with E-state index >= 15 is 0 Å². The van der Waals surface area contributed by atoms with Crippen LogP contribution in [0.3, 0.4) is 0 Å². The molecule has 6 nitrogen and oxygen atoms in total. The molecule has 2 fully saturated rings. The maximum absolute atomic E-state index is 12.1. The first-order valence-corrected chi connectivity index (χ1v) is 8.71. The molecule has 0 aromatic rings. The molecule has 2 heterocycles. The number of nitrogens with zero attached hydrogens (tertiary/aromatic N) is 1. The second-order valence-corrected chi connectivity index (χ2v) is 7.02. The van der Waals surface area contributed by atoms with Crippen LogP contribution in [0.2, 0.25) is 0 Å². The third-order valence-electron chi connectivity index (χ3n) is 4.66. The summed E-state index contributed by atoms with van der Waals surface area (Å²) < 4.78 is 11.1. The molecule has 2 atom stereocenters. The highest BCUT2D eigenvalue weighted by Crippen LogP contribution is 2.32. The molecule has 0 aromatic carbocycles. The molecule has 6 heteroatoms. The van der Waals surface area contributed by atoms with E-state index in [1.807, 2.05) is 4.90 Å². The van der Waals surface area contributed by atoms with Gasteiger partial charge in [-0.3, -0.25) is 4.79 Å². The third kappa shape index (κ3) is 5.46. The Bertz CT molecular complexity index is 404. The number of likely N-dealkylation sites (tertiary alicyclic amines) is 1. The second-order valence-electron chi connectivity index (χ2n) is 7.02. The molecule has 0 unspecified atom stereocenters. The summed E-state index contributed by atoms with van der Waals surface area (Å²) in [6.07, 6.45) is 3.06. The van der Waals surface area contributed by atoms with Crippen molar-refractivity contribution in [1.82, 2.24) is 4.90 Å². The van der Waals surface area contributed by atoms with E-state index in [4.69, 9.17) is 14.6 Å². The summed E-state index contributed by atoms with van der Waals surface area (Å²) in [4.78, 5) is 25.0. The topological polar surface area (TPSA) is 76.1 Å². The van der Waals surface area contributed by atoms with Crippen molar-refractivity contribution >= 4 is 11.9 Å². The van der Waals surface area contributed by atoms with Crippen LogP contribution in [-0.2, 0) is 19.1 Å². The van der Waals surface area contributed by atoms with E-state index in [1.165, 1.54) is 0 Å². The average molecular weight is 327 g/mol. The van der Waals surface area contributed by atoms with E-state index in [1.54, 1.807) is 0 Å². The van der Waals surface area contributed by atoms with Crippen molar-refractivity contribution in [1.29, 1.82) is 0 Å². The highest BCUT2D eigenvalue weighted by molar-refractivity contribution is 5.76. The molecular weight excluding hydrogens is 298 g/mol. The quantitative estimate of drug-likeness (QED) is 0.723. The Morgan fingerprint density at radius 2 is 1.91 bits per heavy atom. The maximum atomic E-state index is 12.1. The number of aliphatic carboxylic acids is 1. The number of ether oxygens (including phenoxy) is 2. The summed E-state index contributed by atoms with van der Waals surface area (Å²) in [5, 5.41) is 8.99. The Balaban J connectivity index is 1.65. The summed E-state index contributed by atoms with van der Waals surface area (Å²) in [5.74, 6) is 0.159. The highest BCUT2D eigenvalue weighted by Gasteiger charge is 2.37. The Labute approximate surface area is 138 Å². The number of carbonyl (C=O) groups is 2. The zero-order valence-electron chi connectivity index (χ0n) is 14.2. The van der Waals surface area contributed by atoms with Crippen molar-refractivity contribution in [3.8, 4) is 0 Å². The van der Waals surface area contributed by atoms with Crippen molar-refractivity contribution in [3.05, 3.63) is 0 Å². The summed E-state index contributed by atoms with van der Waals surface area (Å²) >= 11 is 0. The lowest BCUT2D eigenvalue weighted by molar-refractivity contribution is -0.151. The van der Waals surface area contributed by atoms with Crippen molar-refractivity contribution in [2.75, 3.05) is 26.3 Å². The summed E-state index contributed by atoms with van der Waals surface area (Å²) in [6.45, 7) is 6.85. The Morgan fingerprint density at radius 3 is 2.48 bits per heavy atom. The number of carbonyl (C=O) groups excluding carboxylic acids is 1. The molecule has 0 spiro atoms. The molecule has 132 valence electrons. The minimum Gasteiger partial charge on any atom is -0.479 e. The van der Waals surface area contributed by atoms with Gasteiger partial charge in [0.2, 0.25) is 5.91 Å². The first-order chi connectivity index (χ1) is 11.0. The molecule has 2 saturated heterocycles. The maximum Gasteiger partial charge on any atom is 0.332 e. The van der Waals surface area contributed by atoms with Crippen molar-refractivity contribution < 1.29 is 24.2 Å². The van der Waals surface area contributed by atoms with E-state index in [0.717, 1.165) is 32.4 Å². The minimum absolute atomic E-state index is 0.0442. The number of hydrogen-bond acceptors (Lipinski definition) is 4. The number of rotatable bonds is 7. The Kier molecular flexibility index (Phi) is 6.84. The van der Waals surface area contributed by atoms with Gasteiger partial charge in [0, 0.05) is 19.7 Å². The smallest absolute Gasteiger partial charge is 0.332 e. The van der Waals surface area contributed by atoms with E-state index in [9.17, 15) is 9.59 Å². The Morgan fingerprint density at radius 1 is 1.22 bits per heavy atom. The third-order valence-corrected chi connectivity index (χ3v) is 4.66. The average Bonchev–Trinajstić information content (AvgIpc) is 3.01. The van der Waals surface area contributed by atoms with Gasteiger partial charge in [0.05, 0.1) is 19.1 Å². The van der Waals surface area contributed by atoms with Crippen molar-refractivity contribution in [2.24, 2.45) is 11.8 Å². The van der Waals surface area contributed by atoms with Crippen LogP contribution in [0.1, 0.15) is 46.0 Å². The van der Waals surface area contributed by atoms with Gasteiger partial charge < -0.3 is 19.5 Å². The molecule has 1 N–H and O–H groups in total. The van der Waals surface area contributed by atoms with Crippen LogP contribution < -0.4 is 0 Å². The fourth-order valence-electron chi connectivity index (χ4n) is 3.35. The van der Waals surface area contributed by atoms with Crippen LogP contribution in [0.25, 0.3) is 0 Å². The predicted octanol–water partition coefficient (Wildman–Crippen LogP) is 1.92. The molecule has 0 aromatic heterocycles. The van der Waals surface area contributed by atoms with Gasteiger partial charge in [0.25, 0.3) is 0 Å². The monoisotopic (exact) mass is 327 g/mol. The van der Waals surface area contributed by atoms with Gasteiger partial charge in [-0.25, -0.2) is 4.79 Å². The molecule has 0 radical (unpaired) electrons. The van der Waals surface area contributed by atoms with Gasteiger partial charge in [0.15, 0.2) is 6.10 Å². The van der Waals surface area contributed by atoms with Crippen LogP contribution in [-0.4, -0.2) is 60.4 Å². The Hall–Kier alpha value is -1.14. The number of hydrogen-bond donors (Lipinski definition) is 1. The van der Waals surface area contributed by atoms with Gasteiger partial charge in [-0.05, 0) is 37.5 Å². The molecule has 2 rings (SSSR count). The van der Waals surface area contributed by atoms with Gasteiger partial charge in [-0.15, -0.1) is 0 Å². The largest absolute Gasteiger partial charge is 0.479 e. The van der Waals surface area contributed by atoms with Crippen molar-refractivity contribution in [3.63, 3.8) is 0 Å². The zero-order valence-corrected chi connectivity index (χ0v) is 14.2. The zero-order chi connectivity index (χ0) is 16.8. The van der Waals surface area contributed by atoms with Gasteiger partial charge in [-0.1, -0.05) is 13.8 Å². The van der Waals surface area contributed by atoms with Gasteiger partial charge >= 0.3 is 5.97 Å². The molecule has 0 aliphatic carbocycles. The van der Waals surface area contributed by atoms with Crippen LogP contribution in [0.4, 0.5) is 0 Å². The molecule has 23 heavy (non-hydrogen) atoms. The lowest BCUT2D eigenvalue weighted by atomic mass is 9.89. The lowest BCUT2D eigenvalue weighted by Crippen LogP contribution is -2.41. The molecule has 1 amide bonds. The summed E-state index contributed by atoms with van der Waals surface area (Å²) in [6, 6.07) is 0. The second kappa shape index (κ2) is 8.64. The van der Waals surface area contributed by atoms with Crippen LogP contribution in [0, 0.1) is 11.8 Å². The molecule has 0 saturated carbocycles. The molecule has 2 aliphatic heterocycles. The number of amides is 1. The highest BCUT2D eigenvalue weighted by atomic mass is 16.5. The lowest BCUT2D eigenvalue weighted by Gasteiger charge is -2.34. The summed E-state index contributed by atoms with van der Waals surface area (Å²) in [5.41, 5.74) is 0. The number of piperidine rings is 1. The SMILES string of the molecule is CC(C)COCCC(=O)N1CCC([C@@H]2CC[C@H](C(=O)O)O2)CC1. The normalized spacial score (nSPS) is 26.0. The van der Waals surface area contributed by atoms with E-state index in [0.29, 0.717) is 37.9 Å². The first kappa shape index (κ1) is 18.2. The van der Waals surface area contributed by atoms with Crippen LogP contribution in [0.15, 0.2) is 0 Å². The minimum atomic E-state index is -0.860. The fraction of sp³-hybridized carbons (Fsp3) is 0.882. The standard InChI is InChI=1S/C17H29NO5/c1-12(2)11-22-10-7-16(19)18-8-5-13(6-9-18)14-3-4-15(23-14)17(20)21/h12-15H,3-11H2,1-2H3,(H,20,21)/t14-,15+/m0/s1. The van der Waals surface area contributed by atoms with Gasteiger partial charge in [0.1, 0.15) is 0 Å². The van der Waals surface area contributed by atoms with Crippen molar-refractivity contribution in [2.45, 2.75) is 58.2 Å².